The minimum Gasteiger partial charge on any atom is -0.508 e. The summed E-state index contributed by atoms with van der Waals surface area (Å²) in [5, 5.41) is 28.7. The zero-order valence-electron chi connectivity index (χ0n) is 15.4. The second kappa shape index (κ2) is 13.0. The molecule has 0 fully saturated rings. The average Bonchev–Trinajstić information content (AvgIpc) is 2.56. The predicted molar refractivity (Wildman–Crippen MR) is 101 cm³/mol. The monoisotopic (exact) mass is 336 g/mol. The second-order valence-electron chi connectivity index (χ2n) is 6.97. The summed E-state index contributed by atoms with van der Waals surface area (Å²) >= 11 is 0. The molecule has 0 atom stereocenters. The molecule has 0 radical (unpaired) electrons. The number of unbranched alkanes of at least 4 members (excludes halogenated alkanes) is 12. The van der Waals surface area contributed by atoms with Crippen LogP contribution in [-0.4, -0.2) is 15.3 Å². The van der Waals surface area contributed by atoms with Crippen LogP contribution in [0.3, 0.4) is 0 Å². The molecule has 1 rings (SSSR count). The first-order valence-corrected chi connectivity index (χ1v) is 9.89. The molecule has 138 valence electrons. The quantitative estimate of drug-likeness (QED) is 0.208. The van der Waals surface area contributed by atoms with Crippen molar-refractivity contribution in [2.45, 2.75) is 96.8 Å². The summed E-state index contributed by atoms with van der Waals surface area (Å²) in [6.07, 6.45) is 17.7. The molecule has 1 aromatic carbocycles. The first-order chi connectivity index (χ1) is 11.6. The minimum atomic E-state index is -0.236. The molecule has 3 nitrogen and oxygen atoms in total. The van der Waals surface area contributed by atoms with E-state index in [1.165, 1.54) is 82.8 Å². The van der Waals surface area contributed by atoms with E-state index in [0.29, 0.717) is 12.0 Å². The number of aryl methyl sites for hydroxylation is 1. The number of hydrogen-bond donors (Lipinski definition) is 3. The fourth-order valence-corrected chi connectivity index (χ4v) is 3.19. The van der Waals surface area contributed by atoms with E-state index >= 15 is 0 Å². The SMILES string of the molecule is CCCCCCCCCCCCCCCc1cc(O)cc(O)c1O. The van der Waals surface area contributed by atoms with Gasteiger partial charge in [-0.15, -0.1) is 0 Å². The van der Waals surface area contributed by atoms with E-state index in [2.05, 4.69) is 6.92 Å². The highest BCUT2D eigenvalue weighted by Crippen LogP contribution is 2.34. The van der Waals surface area contributed by atoms with Crippen LogP contribution in [-0.2, 0) is 6.42 Å². The highest BCUT2D eigenvalue weighted by molar-refractivity contribution is 5.49. The normalized spacial score (nSPS) is 11.0. The van der Waals surface area contributed by atoms with Gasteiger partial charge in [0.15, 0.2) is 11.5 Å². The van der Waals surface area contributed by atoms with Crippen molar-refractivity contribution < 1.29 is 15.3 Å². The van der Waals surface area contributed by atoms with Crippen LogP contribution < -0.4 is 0 Å². The van der Waals surface area contributed by atoms with Gasteiger partial charge in [0.05, 0.1) is 0 Å². The molecule has 24 heavy (non-hydrogen) atoms. The summed E-state index contributed by atoms with van der Waals surface area (Å²) in [5.41, 5.74) is 0.635. The standard InChI is InChI=1S/C21H36O3/c1-2-3-4-5-6-7-8-9-10-11-12-13-14-15-18-16-19(22)17-20(23)21(18)24/h16-17,22-24H,2-15H2,1H3. The lowest BCUT2D eigenvalue weighted by Gasteiger charge is -2.07. The van der Waals surface area contributed by atoms with E-state index in [4.69, 9.17) is 0 Å². The fourth-order valence-electron chi connectivity index (χ4n) is 3.19. The molecule has 0 saturated carbocycles. The zero-order chi connectivity index (χ0) is 17.6. The van der Waals surface area contributed by atoms with Crippen LogP contribution >= 0.6 is 0 Å². The summed E-state index contributed by atoms with van der Waals surface area (Å²) in [6.45, 7) is 2.26. The molecule has 0 unspecified atom stereocenters. The molecule has 0 aromatic heterocycles. The molecule has 3 N–H and O–H groups in total. The van der Waals surface area contributed by atoms with Gasteiger partial charge in [-0.3, -0.25) is 0 Å². The van der Waals surface area contributed by atoms with Crippen LogP contribution in [0.1, 0.15) is 96.0 Å². The molecule has 3 heteroatoms. The summed E-state index contributed by atoms with van der Waals surface area (Å²) in [7, 11) is 0. The Bertz CT molecular complexity index is 443. The number of rotatable bonds is 14. The minimum absolute atomic E-state index is 0.00925. The van der Waals surface area contributed by atoms with Crippen LogP contribution in [0.15, 0.2) is 12.1 Å². The van der Waals surface area contributed by atoms with Crippen molar-refractivity contribution in [1.29, 1.82) is 0 Å². The predicted octanol–water partition coefficient (Wildman–Crippen LogP) is 6.44. The summed E-state index contributed by atoms with van der Waals surface area (Å²) < 4.78 is 0. The lowest BCUT2D eigenvalue weighted by Crippen LogP contribution is -1.88. The maximum absolute atomic E-state index is 9.75. The van der Waals surface area contributed by atoms with Crippen molar-refractivity contribution in [3.63, 3.8) is 0 Å². The van der Waals surface area contributed by atoms with Crippen molar-refractivity contribution in [3.05, 3.63) is 17.7 Å². The van der Waals surface area contributed by atoms with E-state index in [1.807, 2.05) is 0 Å². The molecule has 0 amide bonds. The van der Waals surface area contributed by atoms with Crippen molar-refractivity contribution in [1.82, 2.24) is 0 Å². The topological polar surface area (TPSA) is 60.7 Å². The maximum atomic E-state index is 9.75. The highest BCUT2D eigenvalue weighted by atomic mass is 16.3. The van der Waals surface area contributed by atoms with Gasteiger partial charge in [0.25, 0.3) is 0 Å². The molecular formula is C21H36O3. The number of aromatic hydroxyl groups is 3. The Kier molecular flexibility index (Phi) is 11.2. The van der Waals surface area contributed by atoms with Gasteiger partial charge in [-0.2, -0.15) is 0 Å². The summed E-state index contributed by atoms with van der Waals surface area (Å²) in [4.78, 5) is 0. The molecule has 0 bridgehead atoms. The fraction of sp³-hybridized carbons (Fsp3) is 0.714. The van der Waals surface area contributed by atoms with E-state index in [9.17, 15) is 15.3 Å². The van der Waals surface area contributed by atoms with E-state index in [1.54, 1.807) is 0 Å². The summed E-state index contributed by atoms with van der Waals surface area (Å²) in [6, 6.07) is 2.71. The molecule has 0 aliphatic carbocycles. The molecule has 0 spiro atoms. The first-order valence-electron chi connectivity index (χ1n) is 9.89. The van der Waals surface area contributed by atoms with Crippen molar-refractivity contribution >= 4 is 0 Å². The third-order valence-electron chi connectivity index (χ3n) is 4.70. The van der Waals surface area contributed by atoms with Gasteiger partial charge in [0.1, 0.15) is 5.75 Å². The molecule has 0 saturated heterocycles. The molecule has 0 aliphatic heterocycles. The number of hydrogen-bond acceptors (Lipinski definition) is 3. The van der Waals surface area contributed by atoms with Gasteiger partial charge >= 0.3 is 0 Å². The van der Waals surface area contributed by atoms with Gasteiger partial charge in [-0.25, -0.2) is 0 Å². The Labute approximate surface area is 147 Å². The van der Waals surface area contributed by atoms with E-state index in [-0.39, 0.29) is 17.2 Å². The molecule has 0 heterocycles. The Morgan fingerprint density at radius 2 is 1.08 bits per heavy atom. The van der Waals surface area contributed by atoms with Gasteiger partial charge in [-0.1, -0.05) is 84.0 Å². The van der Waals surface area contributed by atoms with Crippen LogP contribution in [0, 0.1) is 0 Å². The average molecular weight is 337 g/mol. The Balaban J connectivity index is 1.94. The Hall–Kier alpha value is -1.38. The molecule has 0 aliphatic rings. The van der Waals surface area contributed by atoms with E-state index < -0.39 is 0 Å². The van der Waals surface area contributed by atoms with Crippen LogP contribution in [0.5, 0.6) is 17.2 Å². The lowest BCUT2D eigenvalue weighted by molar-refractivity contribution is 0.391. The largest absolute Gasteiger partial charge is 0.508 e. The number of phenolic OH excluding ortho intramolecular Hbond substituents is 3. The second-order valence-corrected chi connectivity index (χ2v) is 6.97. The molecular weight excluding hydrogens is 300 g/mol. The first kappa shape index (κ1) is 20.7. The van der Waals surface area contributed by atoms with E-state index in [0.717, 1.165) is 12.8 Å². The molecule has 1 aromatic rings. The highest BCUT2D eigenvalue weighted by Gasteiger charge is 2.08. The van der Waals surface area contributed by atoms with Crippen molar-refractivity contribution in [2.24, 2.45) is 0 Å². The van der Waals surface area contributed by atoms with Gasteiger partial charge in [0.2, 0.25) is 0 Å². The van der Waals surface area contributed by atoms with Gasteiger partial charge in [0, 0.05) is 11.6 Å². The maximum Gasteiger partial charge on any atom is 0.161 e. The van der Waals surface area contributed by atoms with Crippen LogP contribution in [0.25, 0.3) is 0 Å². The van der Waals surface area contributed by atoms with Crippen LogP contribution in [0.4, 0.5) is 0 Å². The summed E-state index contributed by atoms with van der Waals surface area (Å²) in [5.74, 6) is -0.318. The Morgan fingerprint density at radius 3 is 1.58 bits per heavy atom. The van der Waals surface area contributed by atoms with Gasteiger partial charge in [-0.05, 0) is 18.9 Å². The van der Waals surface area contributed by atoms with Gasteiger partial charge < -0.3 is 15.3 Å². The number of phenols is 3. The number of benzene rings is 1. The van der Waals surface area contributed by atoms with Crippen molar-refractivity contribution in [3.8, 4) is 17.2 Å². The van der Waals surface area contributed by atoms with Crippen molar-refractivity contribution in [2.75, 3.05) is 0 Å². The Morgan fingerprint density at radius 1 is 0.625 bits per heavy atom. The third-order valence-corrected chi connectivity index (χ3v) is 4.70. The zero-order valence-corrected chi connectivity index (χ0v) is 15.4. The van der Waals surface area contributed by atoms with Crippen LogP contribution in [0.2, 0.25) is 0 Å². The third kappa shape index (κ3) is 9.05. The smallest absolute Gasteiger partial charge is 0.161 e. The lowest BCUT2D eigenvalue weighted by atomic mass is 10.0.